The Morgan fingerprint density at radius 1 is 1.06 bits per heavy atom. The summed E-state index contributed by atoms with van der Waals surface area (Å²) >= 11 is 3.35. The number of carbonyl (C=O) groups is 1. The lowest BCUT2D eigenvalue weighted by Crippen LogP contribution is -1.96. The molecule has 0 radical (unpaired) electrons. The first-order valence-corrected chi connectivity index (χ1v) is 6.34. The highest BCUT2D eigenvalue weighted by atomic mass is 79.9. The van der Waals surface area contributed by atoms with Crippen LogP contribution in [0, 0.1) is 18.8 Å². The molecular weight excluding hydrogens is 288 g/mol. The molecule has 2 aromatic rings. The summed E-state index contributed by atoms with van der Waals surface area (Å²) in [5.41, 5.74) is 2.56. The van der Waals surface area contributed by atoms with Crippen molar-refractivity contribution in [2.75, 3.05) is 0 Å². The molecule has 0 aliphatic rings. The van der Waals surface area contributed by atoms with Crippen molar-refractivity contribution in [2.24, 2.45) is 0 Å². The highest BCUT2D eigenvalue weighted by molar-refractivity contribution is 9.10. The fraction of sp³-hybridized carbons (Fsp3) is 0.0625. The van der Waals surface area contributed by atoms with Gasteiger partial charge in [-0.15, -0.1) is 0 Å². The SMILES string of the molecule is Cc1ccccc1C#CC(=O)c1ccccc1Br. The summed E-state index contributed by atoms with van der Waals surface area (Å²) in [5.74, 6) is 5.42. The topological polar surface area (TPSA) is 17.1 Å². The second-order valence-corrected chi connectivity index (χ2v) is 4.73. The van der Waals surface area contributed by atoms with Crippen LogP contribution in [0.2, 0.25) is 0 Å². The molecule has 2 rings (SSSR count). The van der Waals surface area contributed by atoms with Crippen molar-refractivity contribution in [1.29, 1.82) is 0 Å². The van der Waals surface area contributed by atoms with E-state index in [1.165, 1.54) is 0 Å². The number of rotatable bonds is 1. The lowest BCUT2D eigenvalue weighted by Gasteiger charge is -1.97. The number of halogens is 1. The molecule has 0 N–H and O–H groups in total. The molecule has 0 fully saturated rings. The van der Waals surface area contributed by atoms with Crippen LogP contribution in [0.3, 0.4) is 0 Å². The van der Waals surface area contributed by atoms with Gasteiger partial charge < -0.3 is 0 Å². The maximum atomic E-state index is 11.9. The number of hydrogen-bond acceptors (Lipinski definition) is 1. The van der Waals surface area contributed by atoms with Gasteiger partial charge in [0, 0.05) is 15.6 Å². The Balaban J connectivity index is 2.29. The molecule has 0 saturated carbocycles. The quantitative estimate of drug-likeness (QED) is 0.575. The molecule has 0 bridgehead atoms. The highest BCUT2D eigenvalue weighted by Crippen LogP contribution is 2.16. The van der Waals surface area contributed by atoms with Crippen LogP contribution in [0.25, 0.3) is 0 Å². The molecule has 0 unspecified atom stereocenters. The van der Waals surface area contributed by atoms with Crippen molar-refractivity contribution in [3.63, 3.8) is 0 Å². The minimum absolute atomic E-state index is 0.175. The van der Waals surface area contributed by atoms with E-state index in [0.717, 1.165) is 15.6 Å². The third-order valence-corrected chi connectivity index (χ3v) is 3.27. The van der Waals surface area contributed by atoms with E-state index in [1.807, 2.05) is 49.4 Å². The molecule has 1 nitrogen and oxygen atoms in total. The molecule has 0 aromatic heterocycles. The van der Waals surface area contributed by atoms with Gasteiger partial charge >= 0.3 is 0 Å². The Bertz CT molecular complexity index is 647. The third-order valence-electron chi connectivity index (χ3n) is 2.57. The van der Waals surface area contributed by atoms with Gasteiger partial charge in [-0.05, 0) is 36.6 Å². The monoisotopic (exact) mass is 298 g/mol. The van der Waals surface area contributed by atoms with Gasteiger partial charge in [0.15, 0.2) is 0 Å². The van der Waals surface area contributed by atoms with E-state index in [1.54, 1.807) is 6.07 Å². The van der Waals surface area contributed by atoms with Gasteiger partial charge in [0.05, 0.1) is 0 Å². The van der Waals surface area contributed by atoms with Gasteiger partial charge in [0.1, 0.15) is 0 Å². The van der Waals surface area contributed by atoms with Crippen molar-refractivity contribution in [2.45, 2.75) is 6.92 Å². The summed E-state index contributed by atoms with van der Waals surface area (Å²) < 4.78 is 0.772. The van der Waals surface area contributed by atoms with Crippen LogP contribution < -0.4 is 0 Å². The van der Waals surface area contributed by atoms with Gasteiger partial charge in [-0.3, -0.25) is 4.79 Å². The van der Waals surface area contributed by atoms with Crippen LogP contribution >= 0.6 is 15.9 Å². The number of ketones is 1. The zero-order valence-electron chi connectivity index (χ0n) is 9.91. The van der Waals surface area contributed by atoms with Crippen molar-refractivity contribution in [3.8, 4) is 11.8 Å². The molecule has 0 heterocycles. The maximum absolute atomic E-state index is 11.9. The number of carbonyl (C=O) groups excluding carboxylic acids is 1. The van der Waals surface area contributed by atoms with E-state index in [9.17, 15) is 4.79 Å². The molecule has 0 aliphatic carbocycles. The number of aryl methyl sites for hydroxylation is 1. The average molecular weight is 299 g/mol. The lowest BCUT2D eigenvalue weighted by atomic mass is 10.1. The second kappa shape index (κ2) is 5.66. The molecule has 2 aromatic carbocycles. The molecule has 0 atom stereocenters. The molecular formula is C16H11BrO. The van der Waals surface area contributed by atoms with Gasteiger partial charge in [0.2, 0.25) is 5.78 Å². The Hall–Kier alpha value is -1.85. The molecule has 0 aliphatic heterocycles. The molecule has 18 heavy (non-hydrogen) atoms. The zero-order valence-corrected chi connectivity index (χ0v) is 11.5. The van der Waals surface area contributed by atoms with E-state index in [4.69, 9.17) is 0 Å². The summed E-state index contributed by atoms with van der Waals surface area (Å²) in [6.45, 7) is 1.98. The first kappa shape index (κ1) is 12.6. The van der Waals surface area contributed by atoms with Crippen molar-refractivity contribution < 1.29 is 4.79 Å². The Morgan fingerprint density at radius 2 is 1.72 bits per heavy atom. The van der Waals surface area contributed by atoms with E-state index < -0.39 is 0 Å². The predicted molar refractivity (Wildman–Crippen MR) is 76.5 cm³/mol. The zero-order chi connectivity index (χ0) is 13.0. The van der Waals surface area contributed by atoms with Crippen molar-refractivity contribution in [3.05, 3.63) is 69.7 Å². The maximum Gasteiger partial charge on any atom is 0.237 e. The third kappa shape index (κ3) is 2.88. The fourth-order valence-corrected chi connectivity index (χ4v) is 2.01. The number of hydrogen-bond donors (Lipinski definition) is 0. The van der Waals surface area contributed by atoms with Gasteiger partial charge in [-0.1, -0.05) is 52.2 Å². The first-order chi connectivity index (χ1) is 8.68. The number of Topliss-reactive ketones (excluding diaryl/α,β-unsaturated/α-hetero) is 1. The summed E-state index contributed by atoms with van der Waals surface area (Å²) in [4.78, 5) is 11.9. The standard InChI is InChI=1S/C16H11BrO/c1-12-6-2-3-7-13(12)10-11-16(18)14-8-4-5-9-15(14)17/h2-9H,1H3. The van der Waals surface area contributed by atoms with Crippen LogP contribution in [0.4, 0.5) is 0 Å². The minimum Gasteiger partial charge on any atom is -0.279 e. The van der Waals surface area contributed by atoms with E-state index in [0.29, 0.717) is 5.56 Å². The molecule has 0 saturated heterocycles. The van der Waals surface area contributed by atoms with Crippen molar-refractivity contribution >= 4 is 21.7 Å². The summed E-state index contributed by atoms with van der Waals surface area (Å²) in [5, 5.41) is 0. The summed E-state index contributed by atoms with van der Waals surface area (Å²) in [7, 11) is 0. The Labute approximate surface area is 115 Å². The van der Waals surface area contributed by atoms with Gasteiger partial charge in [-0.25, -0.2) is 0 Å². The van der Waals surface area contributed by atoms with Crippen LogP contribution in [-0.2, 0) is 0 Å². The van der Waals surface area contributed by atoms with Crippen LogP contribution in [-0.4, -0.2) is 5.78 Å². The largest absolute Gasteiger partial charge is 0.279 e. The Kier molecular flexibility index (Phi) is 3.96. The minimum atomic E-state index is -0.175. The molecule has 88 valence electrons. The highest BCUT2D eigenvalue weighted by Gasteiger charge is 2.05. The molecule has 2 heteroatoms. The second-order valence-electron chi connectivity index (χ2n) is 3.87. The normalized spacial score (nSPS) is 9.44. The summed E-state index contributed by atoms with van der Waals surface area (Å²) in [6.07, 6.45) is 0. The Morgan fingerprint density at radius 3 is 2.44 bits per heavy atom. The number of benzene rings is 2. The predicted octanol–water partition coefficient (Wildman–Crippen LogP) is 3.99. The van der Waals surface area contributed by atoms with Crippen molar-refractivity contribution in [1.82, 2.24) is 0 Å². The van der Waals surface area contributed by atoms with E-state index in [2.05, 4.69) is 27.8 Å². The van der Waals surface area contributed by atoms with E-state index >= 15 is 0 Å². The fourth-order valence-electron chi connectivity index (χ4n) is 1.55. The molecule has 0 amide bonds. The first-order valence-electron chi connectivity index (χ1n) is 5.55. The van der Waals surface area contributed by atoms with E-state index in [-0.39, 0.29) is 5.78 Å². The molecule has 0 spiro atoms. The summed E-state index contributed by atoms with van der Waals surface area (Å²) in [6, 6.07) is 15.1. The van der Waals surface area contributed by atoms with Gasteiger partial charge in [0.25, 0.3) is 0 Å². The lowest BCUT2D eigenvalue weighted by molar-refractivity contribution is 0.105. The van der Waals surface area contributed by atoms with Crippen LogP contribution in [0.1, 0.15) is 21.5 Å². The van der Waals surface area contributed by atoms with Gasteiger partial charge in [-0.2, -0.15) is 0 Å². The van der Waals surface area contributed by atoms with Crippen LogP contribution in [0.15, 0.2) is 53.0 Å². The van der Waals surface area contributed by atoms with Crippen LogP contribution in [0.5, 0.6) is 0 Å². The average Bonchev–Trinajstić information content (AvgIpc) is 2.38. The smallest absolute Gasteiger partial charge is 0.237 e.